The highest BCUT2D eigenvalue weighted by Gasteiger charge is 2.37. The van der Waals surface area contributed by atoms with Gasteiger partial charge in [0, 0.05) is 5.41 Å². The summed E-state index contributed by atoms with van der Waals surface area (Å²) < 4.78 is 0. The van der Waals surface area contributed by atoms with Gasteiger partial charge in [-0.1, -0.05) is 166 Å². The fraction of sp³-hybridized carbons (Fsp3) is 0.0612. The molecule has 1 aliphatic rings. The maximum absolute atomic E-state index is 2.52. The van der Waals surface area contributed by atoms with Gasteiger partial charge in [-0.2, -0.15) is 0 Å². The zero-order valence-electron chi connectivity index (χ0n) is 27.7. The molecule has 0 heterocycles. The third-order valence-electron chi connectivity index (χ3n) is 11.0. The molecule has 0 amide bonds. The first kappa shape index (κ1) is 28.1. The van der Waals surface area contributed by atoms with E-state index in [9.17, 15) is 0 Å². The number of benzene rings is 9. The topological polar surface area (TPSA) is 0 Å². The molecule has 0 nitrogen and oxygen atoms in total. The van der Waals surface area contributed by atoms with E-state index in [-0.39, 0.29) is 5.41 Å². The summed E-state index contributed by atoms with van der Waals surface area (Å²) in [4.78, 5) is 0. The number of fused-ring (bicyclic) bond motifs is 8. The Morgan fingerprint density at radius 2 is 0.755 bits per heavy atom. The molecule has 0 saturated carbocycles. The lowest BCUT2D eigenvalue weighted by molar-refractivity contribution is 0.661. The van der Waals surface area contributed by atoms with Crippen molar-refractivity contribution in [2.75, 3.05) is 0 Å². The molecule has 230 valence electrons. The van der Waals surface area contributed by atoms with Crippen LogP contribution in [0, 0.1) is 0 Å². The first-order chi connectivity index (χ1) is 24.1. The second-order valence-electron chi connectivity index (χ2n) is 14.0. The second kappa shape index (κ2) is 10.5. The van der Waals surface area contributed by atoms with E-state index >= 15 is 0 Å². The highest BCUT2D eigenvalue weighted by atomic mass is 14.4. The standard InChI is InChI=1S/C49H34/c1-49(2)44-27-15-14-26-40(44)48-35-21-9-8-20-34(35)43(30-45(48)49)47-38-24-12-10-22-36(38)46(37-23-11-13-25-39(37)47)42-29-33-19-7-6-18-32(33)28-41(42)31-16-4-3-5-17-31/h3-30H,1-2H3. The zero-order valence-corrected chi connectivity index (χ0v) is 27.7. The Morgan fingerprint density at radius 3 is 1.37 bits per heavy atom. The van der Waals surface area contributed by atoms with E-state index in [1.165, 1.54) is 98.7 Å². The normalized spacial score (nSPS) is 13.3. The van der Waals surface area contributed by atoms with Crippen molar-refractivity contribution in [3.63, 3.8) is 0 Å². The zero-order chi connectivity index (χ0) is 32.7. The van der Waals surface area contributed by atoms with Crippen molar-refractivity contribution in [1.82, 2.24) is 0 Å². The van der Waals surface area contributed by atoms with Gasteiger partial charge in [0.2, 0.25) is 0 Å². The Kier molecular flexibility index (Phi) is 6.02. The van der Waals surface area contributed by atoms with Gasteiger partial charge >= 0.3 is 0 Å². The highest BCUT2D eigenvalue weighted by molar-refractivity contribution is 6.25. The van der Waals surface area contributed by atoms with Crippen LogP contribution in [0.5, 0.6) is 0 Å². The molecule has 0 aliphatic heterocycles. The predicted octanol–water partition coefficient (Wildman–Crippen LogP) is 13.6. The van der Waals surface area contributed by atoms with Crippen molar-refractivity contribution >= 4 is 43.1 Å². The molecule has 0 radical (unpaired) electrons. The quantitative estimate of drug-likeness (QED) is 0.172. The summed E-state index contributed by atoms with van der Waals surface area (Å²) in [6.45, 7) is 4.78. The van der Waals surface area contributed by atoms with Crippen molar-refractivity contribution in [2.24, 2.45) is 0 Å². The van der Waals surface area contributed by atoms with Crippen molar-refractivity contribution < 1.29 is 0 Å². The summed E-state index contributed by atoms with van der Waals surface area (Å²) in [5.41, 5.74) is 13.1. The molecule has 10 rings (SSSR count). The lowest BCUT2D eigenvalue weighted by atomic mass is 9.78. The number of hydrogen-bond acceptors (Lipinski definition) is 0. The molecule has 0 bridgehead atoms. The molecule has 9 aromatic carbocycles. The molecule has 0 heteroatoms. The number of hydrogen-bond donors (Lipinski definition) is 0. The van der Waals surface area contributed by atoms with Gasteiger partial charge in [-0.05, 0) is 117 Å². The largest absolute Gasteiger partial charge is 0.0622 e. The first-order valence-electron chi connectivity index (χ1n) is 17.3. The van der Waals surface area contributed by atoms with Crippen LogP contribution in [0.4, 0.5) is 0 Å². The third kappa shape index (κ3) is 4.04. The molecule has 0 atom stereocenters. The Bertz CT molecular complexity index is 2720. The summed E-state index contributed by atoms with van der Waals surface area (Å²) in [6, 6.07) is 63.1. The molecule has 0 saturated heterocycles. The van der Waals surface area contributed by atoms with E-state index in [0.29, 0.717) is 0 Å². The molecular formula is C49H34. The van der Waals surface area contributed by atoms with Gasteiger partial charge in [-0.3, -0.25) is 0 Å². The Morgan fingerprint density at radius 1 is 0.306 bits per heavy atom. The van der Waals surface area contributed by atoms with Crippen molar-refractivity contribution in [3.8, 4) is 44.5 Å². The van der Waals surface area contributed by atoms with Gasteiger partial charge in [0.1, 0.15) is 0 Å². The van der Waals surface area contributed by atoms with Gasteiger partial charge in [0.05, 0.1) is 0 Å². The van der Waals surface area contributed by atoms with Crippen LogP contribution in [0.2, 0.25) is 0 Å². The summed E-state index contributed by atoms with van der Waals surface area (Å²) >= 11 is 0. The van der Waals surface area contributed by atoms with E-state index in [4.69, 9.17) is 0 Å². The van der Waals surface area contributed by atoms with E-state index in [0.717, 1.165) is 0 Å². The van der Waals surface area contributed by atoms with Crippen LogP contribution in [-0.2, 0) is 5.41 Å². The first-order valence-corrected chi connectivity index (χ1v) is 17.3. The van der Waals surface area contributed by atoms with Gasteiger partial charge in [0.25, 0.3) is 0 Å². The maximum atomic E-state index is 2.52. The Balaban J connectivity index is 1.36. The molecule has 0 spiro atoms. The van der Waals surface area contributed by atoms with E-state index in [1.807, 2.05) is 0 Å². The monoisotopic (exact) mass is 622 g/mol. The molecule has 1 aliphatic carbocycles. The van der Waals surface area contributed by atoms with Crippen LogP contribution in [0.15, 0.2) is 170 Å². The summed E-state index contributed by atoms with van der Waals surface area (Å²) in [6.07, 6.45) is 0. The fourth-order valence-corrected chi connectivity index (χ4v) is 8.77. The molecule has 9 aromatic rings. The van der Waals surface area contributed by atoms with E-state index in [2.05, 4.69) is 184 Å². The van der Waals surface area contributed by atoms with Crippen molar-refractivity contribution in [1.29, 1.82) is 0 Å². The predicted molar refractivity (Wildman–Crippen MR) is 210 cm³/mol. The lowest BCUT2D eigenvalue weighted by Crippen LogP contribution is -2.15. The van der Waals surface area contributed by atoms with Crippen LogP contribution in [0.3, 0.4) is 0 Å². The molecule has 49 heavy (non-hydrogen) atoms. The molecule has 0 N–H and O–H groups in total. The molecule has 0 unspecified atom stereocenters. The average molecular weight is 623 g/mol. The summed E-state index contributed by atoms with van der Waals surface area (Å²) in [5, 5.41) is 10.2. The molecule has 0 aromatic heterocycles. The minimum Gasteiger partial charge on any atom is -0.0622 e. The van der Waals surface area contributed by atoms with Crippen LogP contribution in [-0.4, -0.2) is 0 Å². The van der Waals surface area contributed by atoms with Crippen molar-refractivity contribution in [3.05, 3.63) is 181 Å². The van der Waals surface area contributed by atoms with Gasteiger partial charge < -0.3 is 0 Å². The van der Waals surface area contributed by atoms with Crippen LogP contribution in [0.1, 0.15) is 25.0 Å². The smallest absolute Gasteiger partial charge is 0.0159 e. The fourth-order valence-electron chi connectivity index (χ4n) is 8.77. The van der Waals surface area contributed by atoms with Gasteiger partial charge in [-0.15, -0.1) is 0 Å². The Hall–Kier alpha value is -5.98. The van der Waals surface area contributed by atoms with E-state index < -0.39 is 0 Å². The summed E-state index contributed by atoms with van der Waals surface area (Å²) in [5.74, 6) is 0. The number of rotatable bonds is 3. The van der Waals surface area contributed by atoms with Crippen LogP contribution >= 0.6 is 0 Å². The summed E-state index contributed by atoms with van der Waals surface area (Å²) in [7, 11) is 0. The van der Waals surface area contributed by atoms with Gasteiger partial charge in [0.15, 0.2) is 0 Å². The van der Waals surface area contributed by atoms with Crippen LogP contribution < -0.4 is 0 Å². The van der Waals surface area contributed by atoms with Crippen molar-refractivity contribution in [2.45, 2.75) is 19.3 Å². The third-order valence-corrected chi connectivity index (χ3v) is 11.0. The minimum absolute atomic E-state index is 0.105. The SMILES string of the molecule is CC1(C)c2ccccc2-c2c1cc(-c1c3ccccc3c(-c3cc4ccccc4cc3-c3ccccc3)c3ccccc13)c1ccccc21. The molecular weight excluding hydrogens is 589 g/mol. The minimum atomic E-state index is -0.105. The molecule has 0 fully saturated rings. The van der Waals surface area contributed by atoms with E-state index in [1.54, 1.807) is 0 Å². The maximum Gasteiger partial charge on any atom is 0.0159 e. The van der Waals surface area contributed by atoms with Gasteiger partial charge in [-0.25, -0.2) is 0 Å². The van der Waals surface area contributed by atoms with Crippen LogP contribution in [0.25, 0.3) is 87.6 Å². The highest BCUT2D eigenvalue weighted by Crippen LogP contribution is 2.55. The lowest BCUT2D eigenvalue weighted by Gasteiger charge is -2.24. The second-order valence-corrected chi connectivity index (χ2v) is 14.0. The Labute approximate surface area is 286 Å². The average Bonchev–Trinajstić information content (AvgIpc) is 3.39.